The van der Waals surface area contributed by atoms with Crippen molar-refractivity contribution in [3.05, 3.63) is 72.3 Å². The van der Waals surface area contributed by atoms with E-state index < -0.39 is 27.9 Å². The van der Waals surface area contributed by atoms with Crippen molar-refractivity contribution in [2.75, 3.05) is 18.5 Å². The van der Waals surface area contributed by atoms with Gasteiger partial charge in [-0.05, 0) is 48.4 Å². The van der Waals surface area contributed by atoms with Crippen LogP contribution < -0.4 is 5.32 Å². The maximum absolute atomic E-state index is 13.5. The van der Waals surface area contributed by atoms with Gasteiger partial charge in [-0.2, -0.15) is 16.9 Å². The summed E-state index contributed by atoms with van der Waals surface area (Å²) >= 11 is 4.46. The maximum Gasteiger partial charge on any atom is 0.340 e. The highest BCUT2D eigenvalue weighted by atomic mass is 32.2. The molecular weight excluding hydrogens is 460 g/mol. The first-order valence-electron chi connectivity index (χ1n) is 10.6. The van der Waals surface area contributed by atoms with Crippen LogP contribution in [-0.4, -0.2) is 49.0 Å². The standard InChI is InChI=1S/C24H24N2O5S2/c1-2-31-24(28)20-9-5-6-10-21(20)25-23(27)22-14-18(32)15-26(22)33(29,30)19-12-11-16-7-3-4-8-17(16)13-19/h3-13,18,22,32H,2,14-15H2,1H3,(H,25,27). The summed E-state index contributed by atoms with van der Waals surface area (Å²) in [7, 11) is -3.95. The van der Waals surface area contributed by atoms with Gasteiger partial charge in [0.05, 0.1) is 22.8 Å². The number of amides is 1. The molecule has 1 N–H and O–H groups in total. The van der Waals surface area contributed by atoms with Crippen LogP contribution in [0.2, 0.25) is 0 Å². The van der Waals surface area contributed by atoms with E-state index in [0.29, 0.717) is 0 Å². The summed E-state index contributed by atoms with van der Waals surface area (Å²) in [5.41, 5.74) is 0.476. The first kappa shape index (κ1) is 23.3. The molecule has 1 heterocycles. The summed E-state index contributed by atoms with van der Waals surface area (Å²) in [5, 5.41) is 4.14. The van der Waals surface area contributed by atoms with Gasteiger partial charge >= 0.3 is 5.97 Å². The SMILES string of the molecule is CCOC(=O)c1ccccc1NC(=O)C1CC(S)CN1S(=O)(=O)c1ccc2ccccc2c1. The Bertz CT molecular complexity index is 1310. The van der Waals surface area contributed by atoms with Gasteiger partial charge in [-0.1, -0.05) is 42.5 Å². The Morgan fingerprint density at radius 3 is 2.52 bits per heavy atom. The van der Waals surface area contributed by atoms with E-state index in [0.717, 1.165) is 10.8 Å². The average Bonchev–Trinajstić information content (AvgIpc) is 3.22. The lowest BCUT2D eigenvalue weighted by Crippen LogP contribution is -2.43. The molecule has 0 bridgehead atoms. The van der Waals surface area contributed by atoms with E-state index in [-0.39, 0.29) is 41.0 Å². The Labute approximate surface area is 198 Å². The Balaban J connectivity index is 1.62. The Morgan fingerprint density at radius 2 is 1.76 bits per heavy atom. The largest absolute Gasteiger partial charge is 0.462 e. The first-order chi connectivity index (χ1) is 15.8. The third-order valence-electron chi connectivity index (χ3n) is 5.54. The van der Waals surface area contributed by atoms with Crippen LogP contribution >= 0.6 is 12.6 Å². The van der Waals surface area contributed by atoms with Crippen LogP contribution in [0.3, 0.4) is 0 Å². The van der Waals surface area contributed by atoms with E-state index in [9.17, 15) is 18.0 Å². The molecule has 3 aromatic carbocycles. The quantitative estimate of drug-likeness (QED) is 0.411. The molecule has 1 aliphatic rings. The molecule has 0 spiro atoms. The number of para-hydroxylation sites is 1. The number of nitrogens with zero attached hydrogens (tertiary/aromatic N) is 1. The number of thiol groups is 1. The van der Waals surface area contributed by atoms with Gasteiger partial charge in [0, 0.05) is 11.8 Å². The van der Waals surface area contributed by atoms with E-state index in [1.807, 2.05) is 24.3 Å². The molecule has 33 heavy (non-hydrogen) atoms. The zero-order chi connectivity index (χ0) is 23.6. The van der Waals surface area contributed by atoms with Crippen LogP contribution in [0, 0.1) is 0 Å². The van der Waals surface area contributed by atoms with Gasteiger partial charge in [0.15, 0.2) is 0 Å². The highest BCUT2D eigenvalue weighted by molar-refractivity contribution is 7.89. The van der Waals surface area contributed by atoms with Crippen molar-refractivity contribution in [3.8, 4) is 0 Å². The third kappa shape index (κ3) is 4.75. The van der Waals surface area contributed by atoms with Crippen LogP contribution in [0.4, 0.5) is 5.69 Å². The monoisotopic (exact) mass is 484 g/mol. The highest BCUT2D eigenvalue weighted by Crippen LogP contribution is 2.31. The van der Waals surface area contributed by atoms with E-state index in [1.165, 1.54) is 4.31 Å². The molecule has 0 saturated carbocycles. The zero-order valence-corrected chi connectivity index (χ0v) is 19.7. The molecule has 1 saturated heterocycles. The number of esters is 1. The number of fused-ring (bicyclic) bond motifs is 1. The van der Waals surface area contributed by atoms with Gasteiger partial charge in [0.25, 0.3) is 0 Å². The zero-order valence-electron chi connectivity index (χ0n) is 18.0. The fourth-order valence-electron chi connectivity index (χ4n) is 3.95. The summed E-state index contributed by atoms with van der Waals surface area (Å²) < 4.78 is 33.2. The van der Waals surface area contributed by atoms with Crippen molar-refractivity contribution >= 4 is 51.0 Å². The van der Waals surface area contributed by atoms with Gasteiger partial charge in [-0.3, -0.25) is 4.79 Å². The number of nitrogens with one attached hydrogen (secondary N) is 1. The summed E-state index contributed by atoms with van der Waals surface area (Å²) in [5.74, 6) is -1.08. The maximum atomic E-state index is 13.5. The lowest BCUT2D eigenvalue weighted by Gasteiger charge is -2.24. The molecular formula is C24H24N2O5S2. The highest BCUT2D eigenvalue weighted by Gasteiger charge is 2.43. The fourth-order valence-corrected chi connectivity index (χ4v) is 6.11. The smallest absolute Gasteiger partial charge is 0.340 e. The number of hydrogen-bond acceptors (Lipinski definition) is 6. The second-order valence-electron chi connectivity index (χ2n) is 7.74. The lowest BCUT2D eigenvalue weighted by molar-refractivity contribution is -0.119. The number of benzene rings is 3. The average molecular weight is 485 g/mol. The molecule has 2 unspecified atom stereocenters. The molecule has 4 rings (SSSR count). The van der Waals surface area contributed by atoms with Crippen LogP contribution in [0.25, 0.3) is 10.8 Å². The molecule has 172 valence electrons. The third-order valence-corrected chi connectivity index (χ3v) is 7.79. The molecule has 1 aliphatic heterocycles. The minimum Gasteiger partial charge on any atom is -0.462 e. The second kappa shape index (κ2) is 9.54. The second-order valence-corrected chi connectivity index (χ2v) is 10.4. The van der Waals surface area contributed by atoms with Crippen molar-refractivity contribution in [1.82, 2.24) is 4.31 Å². The van der Waals surface area contributed by atoms with Gasteiger partial charge in [0.2, 0.25) is 15.9 Å². The van der Waals surface area contributed by atoms with E-state index in [2.05, 4.69) is 17.9 Å². The van der Waals surface area contributed by atoms with Crippen molar-refractivity contribution in [3.63, 3.8) is 0 Å². The number of hydrogen-bond donors (Lipinski definition) is 2. The van der Waals surface area contributed by atoms with E-state index in [1.54, 1.807) is 49.4 Å². The summed E-state index contributed by atoms with van der Waals surface area (Å²) in [4.78, 5) is 25.6. The minimum absolute atomic E-state index is 0.107. The molecule has 9 heteroatoms. The number of rotatable bonds is 6. The summed E-state index contributed by atoms with van der Waals surface area (Å²) in [6, 6.07) is 17.9. The molecule has 7 nitrogen and oxygen atoms in total. The first-order valence-corrected chi connectivity index (χ1v) is 12.5. The predicted molar refractivity (Wildman–Crippen MR) is 130 cm³/mol. The van der Waals surface area contributed by atoms with Crippen molar-refractivity contribution in [1.29, 1.82) is 0 Å². The normalized spacial score (nSPS) is 18.8. The molecule has 0 aromatic heterocycles. The summed E-state index contributed by atoms with van der Waals surface area (Å²) in [6.07, 6.45) is 0.253. The van der Waals surface area contributed by atoms with Gasteiger partial charge < -0.3 is 10.1 Å². The van der Waals surface area contributed by atoms with Crippen molar-refractivity contribution < 1.29 is 22.7 Å². The predicted octanol–water partition coefficient (Wildman–Crippen LogP) is 3.72. The van der Waals surface area contributed by atoms with Crippen molar-refractivity contribution in [2.24, 2.45) is 0 Å². The Hall–Kier alpha value is -2.88. The van der Waals surface area contributed by atoms with Crippen molar-refractivity contribution in [2.45, 2.75) is 29.5 Å². The number of ether oxygens (including phenoxy) is 1. The number of anilines is 1. The number of carbonyl (C=O) groups excluding carboxylic acids is 2. The number of sulfonamides is 1. The van der Waals surface area contributed by atoms with Crippen LogP contribution in [0.5, 0.6) is 0 Å². The Morgan fingerprint density at radius 1 is 1.06 bits per heavy atom. The fraction of sp³-hybridized carbons (Fsp3) is 0.250. The van der Waals surface area contributed by atoms with Gasteiger partial charge in [-0.25, -0.2) is 13.2 Å². The lowest BCUT2D eigenvalue weighted by atomic mass is 10.1. The molecule has 1 fully saturated rings. The van der Waals surface area contributed by atoms with Crippen LogP contribution in [-0.2, 0) is 19.6 Å². The van der Waals surface area contributed by atoms with E-state index in [4.69, 9.17) is 4.74 Å². The minimum atomic E-state index is -3.95. The molecule has 1 amide bonds. The van der Waals surface area contributed by atoms with Crippen LogP contribution in [0.1, 0.15) is 23.7 Å². The molecule has 0 aliphatic carbocycles. The molecule has 2 atom stereocenters. The summed E-state index contributed by atoms with van der Waals surface area (Å²) in [6.45, 7) is 2.00. The van der Waals surface area contributed by atoms with E-state index >= 15 is 0 Å². The number of carbonyl (C=O) groups is 2. The molecule has 3 aromatic rings. The topological polar surface area (TPSA) is 92.8 Å². The molecule has 0 radical (unpaired) electrons. The van der Waals surface area contributed by atoms with Gasteiger partial charge in [0.1, 0.15) is 6.04 Å². The van der Waals surface area contributed by atoms with Crippen LogP contribution in [0.15, 0.2) is 71.6 Å². The Kier molecular flexibility index (Phi) is 6.73. The van der Waals surface area contributed by atoms with Gasteiger partial charge in [-0.15, -0.1) is 0 Å².